The fourth-order valence-corrected chi connectivity index (χ4v) is 2.03. The lowest BCUT2D eigenvalue weighted by molar-refractivity contribution is 0.0386. The predicted octanol–water partition coefficient (Wildman–Crippen LogP) is 3.29. The monoisotopic (exact) mass is 257 g/mol. The van der Waals surface area contributed by atoms with Gasteiger partial charge in [0.2, 0.25) is 0 Å². The third-order valence-electron chi connectivity index (χ3n) is 2.90. The van der Waals surface area contributed by atoms with Crippen molar-refractivity contribution in [2.24, 2.45) is 5.41 Å². The molecule has 0 aliphatic carbocycles. The van der Waals surface area contributed by atoms with Crippen LogP contribution in [0.15, 0.2) is 18.2 Å². The maximum atomic E-state index is 13.4. The van der Waals surface area contributed by atoms with Crippen molar-refractivity contribution in [2.75, 3.05) is 6.61 Å². The smallest absolute Gasteiger partial charge is 0.407 e. The molecule has 1 aliphatic heterocycles. The van der Waals surface area contributed by atoms with E-state index in [1.165, 1.54) is 12.1 Å². The summed E-state index contributed by atoms with van der Waals surface area (Å²) in [5.74, 6) is -0.485. The number of cyclic esters (lactones) is 1. The number of carbonyl (C=O) groups excluding carboxylic acids is 1. The maximum Gasteiger partial charge on any atom is 0.407 e. The topological polar surface area (TPSA) is 38.3 Å². The van der Waals surface area contributed by atoms with Crippen LogP contribution in [0.25, 0.3) is 0 Å². The molecule has 1 aliphatic rings. The van der Waals surface area contributed by atoms with Gasteiger partial charge in [-0.25, -0.2) is 9.18 Å². The Labute approximate surface area is 104 Å². The zero-order chi connectivity index (χ0) is 12.6. The number of alkyl carbamates (subject to hydrolysis) is 1. The Kier molecular flexibility index (Phi) is 3.00. The molecule has 1 fully saturated rings. The van der Waals surface area contributed by atoms with E-state index in [2.05, 4.69) is 5.32 Å². The van der Waals surface area contributed by atoms with Gasteiger partial charge in [-0.2, -0.15) is 0 Å². The highest BCUT2D eigenvalue weighted by Gasteiger charge is 2.38. The van der Waals surface area contributed by atoms with Gasteiger partial charge in [0.05, 0.1) is 11.1 Å². The van der Waals surface area contributed by atoms with Crippen LogP contribution in [0.1, 0.15) is 25.5 Å². The molecule has 0 unspecified atom stereocenters. The second kappa shape index (κ2) is 4.18. The van der Waals surface area contributed by atoms with Crippen LogP contribution in [0.3, 0.4) is 0 Å². The summed E-state index contributed by atoms with van der Waals surface area (Å²) in [7, 11) is 0. The van der Waals surface area contributed by atoms with Gasteiger partial charge in [0.15, 0.2) is 0 Å². The van der Waals surface area contributed by atoms with Crippen molar-refractivity contribution < 1.29 is 13.9 Å². The third kappa shape index (κ3) is 2.36. The van der Waals surface area contributed by atoms with E-state index in [4.69, 9.17) is 16.3 Å². The van der Waals surface area contributed by atoms with Gasteiger partial charge >= 0.3 is 6.09 Å². The van der Waals surface area contributed by atoms with Crippen LogP contribution >= 0.6 is 11.6 Å². The molecule has 0 bridgehead atoms. The summed E-state index contributed by atoms with van der Waals surface area (Å²) in [5, 5.41) is 2.77. The normalized spacial score (nSPS) is 22.8. The fraction of sp³-hybridized carbons (Fsp3) is 0.417. The van der Waals surface area contributed by atoms with E-state index in [0.29, 0.717) is 12.2 Å². The van der Waals surface area contributed by atoms with Gasteiger partial charge in [-0.1, -0.05) is 31.5 Å². The number of amides is 1. The van der Waals surface area contributed by atoms with Crippen molar-refractivity contribution in [3.8, 4) is 0 Å². The molecule has 1 atom stereocenters. The second-order valence-electron chi connectivity index (χ2n) is 4.82. The molecule has 1 aromatic rings. The maximum absolute atomic E-state index is 13.4. The second-order valence-corrected chi connectivity index (χ2v) is 5.22. The fourth-order valence-electron chi connectivity index (χ4n) is 1.92. The van der Waals surface area contributed by atoms with E-state index in [1.54, 1.807) is 6.07 Å². The molecule has 1 aromatic carbocycles. The van der Waals surface area contributed by atoms with Crippen LogP contribution in [-0.4, -0.2) is 12.7 Å². The summed E-state index contributed by atoms with van der Waals surface area (Å²) in [6, 6.07) is 4.27. The quantitative estimate of drug-likeness (QED) is 0.838. The van der Waals surface area contributed by atoms with E-state index in [9.17, 15) is 9.18 Å². The first-order chi connectivity index (χ1) is 7.90. The lowest BCUT2D eigenvalue weighted by Crippen LogP contribution is -2.46. The van der Waals surface area contributed by atoms with Gasteiger partial charge in [-0.05, 0) is 17.7 Å². The van der Waals surface area contributed by atoms with Crippen molar-refractivity contribution in [1.82, 2.24) is 5.32 Å². The Balaban J connectivity index is 2.36. The first kappa shape index (κ1) is 12.2. The van der Waals surface area contributed by atoms with Crippen LogP contribution in [-0.2, 0) is 4.74 Å². The summed E-state index contributed by atoms with van der Waals surface area (Å²) < 4.78 is 18.3. The van der Waals surface area contributed by atoms with Crippen LogP contribution in [0.5, 0.6) is 0 Å². The number of benzene rings is 1. The van der Waals surface area contributed by atoms with E-state index in [1.807, 2.05) is 13.8 Å². The predicted molar refractivity (Wildman–Crippen MR) is 62.4 cm³/mol. The number of hydrogen-bond donors (Lipinski definition) is 1. The van der Waals surface area contributed by atoms with Crippen molar-refractivity contribution in [3.05, 3.63) is 34.6 Å². The number of ether oxygens (including phenoxy) is 1. The zero-order valence-electron chi connectivity index (χ0n) is 9.59. The minimum atomic E-state index is -0.485. The summed E-state index contributed by atoms with van der Waals surface area (Å²) in [6.45, 7) is 4.20. The molecule has 1 heterocycles. The van der Waals surface area contributed by atoms with Gasteiger partial charge in [0, 0.05) is 5.41 Å². The highest BCUT2D eigenvalue weighted by atomic mass is 35.5. The first-order valence-corrected chi connectivity index (χ1v) is 5.66. The summed E-state index contributed by atoms with van der Waals surface area (Å²) in [6.07, 6.45) is -0.482. The van der Waals surface area contributed by atoms with Crippen LogP contribution in [0.4, 0.5) is 9.18 Å². The van der Waals surface area contributed by atoms with Gasteiger partial charge in [0.1, 0.15) is 12.4 Å². The molecule has 1 N–H and O–H groups in total. The molecule has 0 radical (unpaired) electrons. The van der Waals surface area contributed by atoms with E-state index in [0.717, 1.165) is 0 Å². The Morgan fingerprint density at radius 1 is 1.53 bits per heavy atom. The van der Waals surface area contributed by atoms with Gasteiger partial charge < -0.3 is 10.1 Å². The Morgan fingerprint density at radius 3 is 2.88 bits per heavy atom. The summed E-state index contributed by atoms with van der Waals surface area (Å²) in [5.41, 5.74) is 0.391. The molecule has 5 heteroatoms. The number of carbonyl (C=O) groups is 1. The SMILES string of the molecule is CC1(C)COC(=O)N[C@@H]1c1ccc(Cl)c(F)c1. The molecule has 0 aromatic heterocycles. The van der Waals surface area contributed by atoms with E-state index < -0.39 is 11.9 Å². The molecule has 0 saturated carbocycles. The Morgan fingerprint density at radius 2 is 2.24 bits per heavy atom. The van der Waals surface area contributed by atoms with Crippen LogP contribution in [0.2, 0.25) is 5.02 Å². The number of hydrogen-bond acceptors (Lipinski definition) is 2. The van der Waals surface area contributed by atoms with E-state index in [-0.39, 0.29) is 16.5 Å². The number of rotatable bonds is 1. The average Bonchev–Trinajstić information content (AvgIpc) is 2.26. The van der Waals surface area contributed by atoms with Gasteiger partial charge in [-0.3, -0.25) is 0 Å². The molecule has 3 nitrogen and oxygen atoms in total. The van der Waals surface area contributed by atoms with Crippen LogP contribution < -0.4 is 5.32 Å². The lowest BCUT2D eigenvalue weighted by Gasteiger charge is -2.38. The molecular formula is C12H13ClFNO2. The highest BCUT2D eigenvalue weighted by Crippen LogP contribution is 2.37. The number of halogens is 2. The molecule has 2 rings (SSSR count). The minimum absolute atomic E-state index is 0.0740. The molecule has 1 amide bonds. The molecule has 1 saturated heterocycles. The zero-order valence-corrected chi connectivity index (χ0v) is 10.3. The van der Waals surface area contributed by atoms with Crippen molar-refractivity contribution in [3.63, 3.8) is 0 Å². The minimum Gasteiger partial charge on any atom is -0.449 e. The lowest BCUT2D eigenvalue weighted by atomic mass is 9.80. The largest absolute Gasteiger partial charge is 0.449 e. The third-order valence-corrected chi connectivity index (χ3v) is 3.20. The van der Waals surface area contributed by atoms with Crippen LogP contribution in [0, 0.1) is 11.2 Å². The highest BCUT2D eigenvalue weighted by molar-refractivity contribution is 6.30. The van der Waals surface area contributed by atoms with Crippen molar-refractivity contribution >= 4 is 17.7 Å². The van der Waals surface area contributed by atoms with E-state index >= 15 is 0 Å². The van der Waals surface area contributed by atoms with Gasteiger partial charge in [0.25, 0.3) is 0 Å². The molecule has 17 heavy (non-hydrogen) atoms. The summed E-state index contributed by atoms with van der Waals surface area (Å²) >= 11 is 5.63. The van der Waals surface area contributed by atoms with Crippen molar-refractivity contribution in [2.45, 2.75) is 19.9 Å². The molecular weight excluding hydrogens is 245 g/mol. The first-order valence-electron chi connectivity index (χ1n) is 5.28. The molecule has 0 spiro atoms. The summed E-state index contributed by atoms with van der Waals surface area (Å²) in [4.78, 5) is 11.2. The van der Waals surface area contributed by atoms with Gasteiger partial charge in [-0.15, -0.1) is 0 Å². The van der Waals surface area contributed by atoms with Crippen molar-refractivity contribution in [1.29, 1.82) is 0 Å². The Hall–Kier alpha value is -1.29. The standard InChI is InChI=1S/C12H13ClFNO2/c1-12(2)6-17-11(16)15-10(12)7-3-4-8(13)9(14)5-7/h3-5,10H,6H2,1-2H3,(H,15,16)/t10-/m1/s1. The molecule has 92 valence electrons. The Bertz CT molecular complexity index is 462. The average molecular weight is 258 g/mol. The number of nitrogens with one attached hydrogen (secondary N) is 1.